The topological polar surface area (TPSA) is 79.3 Å². The van der Waals surface area contributed by atoms with Crippen LogP contribution in [0.1, 0.15) is 12.8 Å². The summed E-state index contributed by atoms with van der Waals surface area (Å²) in [5.74, 6) is 0. The van der Waals surface area contributed by atoms with Gasteiger partial charge in [-0.15, -0.1) is 0 Å². The number of aliphatic hydroxyl groups is 1. The number of hydrogen-bond donors (Lipinski definition) is 2. The number of nitrogens with zero attached hydrogens (tertiary/aromatic N) is 1. The molecule has 1 aromatic carbocycles. The van der Waals surface area contributed by atoms with Crippen molar-refractivity contribution < 1.29 is 13.5 Å². The van der Waals surface area contributed by atoms with E-state index in [0.29, 0.717) is 35.4 Å². The first-order valence-electron chi connectivity index (χ1n) is 6.20. The summed E-state index contributed by atoms with van der Waals surface area (Å²) in [6.07, 6.45) is 1.17. The third-order valence-corrected chi connectivity index (χ3v) is 4.48. The molecule has 7 heteroatoms. The molecule has 0 atom stereocenters. The molecule has 0 fully saturated rings. The Morgan fingerprint density at radius 2 is 2.00 bits per heavy atom. The molecule has 0 radical (unpaired) electrons. The van der Waals surface area contributed by atoms with Crippen molar-refractivity contribution >= 4 is 32.5 Å². The van der Waals surface area contributed by atoms with Gasteiger partial charge in [-0.1, -0.05) is 11.6 Å². The van der Waals surface area contributed by atoms with Gasteiger partial charge in [-0.25, -0.2) is 18.1 Å². The number of unbranched alkanes of at least 4 members (excludes halogenated alkanes) is 1. The van der Waals surface area contributed by atoms with Crippen LogP contribution in [-0.2, 0) is 10.0 Å². The normalized spacial score (nSPS) is 11.9. The van der Waals surface area contributed by atoms with E-state index < -0.39 is 10.0 Å². The van der Waals surface area contributed by atoms with Crippen molar-refractivity contribution in [3.63, 3.8) is 0 Å². The van der Waals surface area contributed by atoms with E-state index in [9.17, 15) is 8.42 Å². The first kappa shape index (κ1) is 15.2. The van der Waals surface area contributed by atoms with Crippen LogP contribution in [0.2, 0.25) is 5.15 Å². The van der Waals surface area contributed by atoms with Crippen LogP contribution in [0, 0.1) is 0 Å². The summed E-state index contributed by atoms with van der Waals surface area (Å²) in [7, 11) is -3.53. The molecule has 0 saturated carbocycles. The predicted octanol–water partition coefficient (Wildman–Crippen LogP) is 1.94. The lowest BCUT2D eigenvalue weighted by atomic mass is 10.2. The standard InChI is InChI=1S/C13H15ClN2O3S/c14-13-6-3-10-9-11(4-5-12(10)16-13)20(18,19)15-7-1-2-8-17/h3-6,9,15,17H,1-2,7-8H2. The van der Waals surface area contributed by atoms with Crippen LogP contribution in [0.3, 0.4) is 0 Å². The van der Waals surface area contributed by atoms with Gasteiger partial charge >= 0.3 is 0 Å². The van der Waals surface area contributed by atoms with Crippen molar-refractivity contribution in [1.29, 1.82) is 0 Å². The fraction of sp³-hybridized carbons (Fsp3) is 0.308. The monoisotopic (exact) mass is 314 g/mol. The third-order valence-electron chi connectivity index (χ3n) is 2.81. The van der Waals surface area contributed by atoms with Gasteiger partial charge in [0.05, 0.1) is 10.4 Å². The summed E-state index contributed by atoms with van der Waals surface area (Å²) in [6, 6.07) is 8.04. The Kier molecular flexibility index (Phi) is 4.93. The lowest BCUT2D eigenvalue weighted by molar-refractivity contribution is 0.285. The van der Waals surface area contributed by atoms with Gasteiger partial charge < -0.3 is 5.11 Å². The quantitative estimate of drug-likeness (QED) is 0.631. The average Bonchev–Trinajstić information content (AvgIpc) is 2.43. The van der Waals surface area contributed by atoms with E-state index in [-0.39, 0.29) is 11.5 Å². The van der Waals surface area contributed by atoms with E-state index in [2.05, 4.69) is 9.71 Å². The Morgan fingerprint density at radius 3 is 2.75 bits per heavy atom. The summed E-state index contributed by atoms with van der Waals surface area (Å²) in [5.41, 5.74) is 0.650. The van der Waals surface area contributed by atoms with Crippen molar-refractivity contribution in [1.82, 2.24) is 9.71 Å². The van der Waals surface area contributed by atoms with Crippen molar-refractivity contribution in [2.45, 2.75) is 17.7 Å². The van der Waals surface area contributed by atoms with Gasteiger partial charge in [0.2, 0.25) is 10.0 Å². The van der Waals surface area contributed by atoms with Gasteiger partial charge in [-0.05, 0) is 43.2 Å². The van der Waals surface area contributed by atoms with E-state index >= 15 is 0 Å². The van der Waals surface area contributed by atoms with Gasteiger partial charge in [0.15, 0.2) is 0 Å². The zero-order chi connectivity index (χ0) is 14.6. The van der Waals surface area contributed by atoms with Crippen LogP contribution in [0.5, 0.6) is 0 Å². The molecule has 0 amide bonds. The van der Waals surface area contributed by atoms with Gasteiger partial charge in [-0.2, -0.15) is 0 Å². The van der Waals surface area contributed by atoms with E-state index in [1.807, 2.05) is 0 Å². The highest BCUT2D eigenvalue weighted by Gasteiger charge is 2.13. The van der Waals surface area contributed by atoms with E-state index in [0.717, 1.165) is 0 Å². The molecule has 108 valence electrons. The first-order valence-corrected chi connectivity index (χ1v) is 8.06. The molecule has 0 bridgehead atoms. The molecule has 0 aliphatic rings. The second-order valence-electron chi connectivity index (χ2n) is 4.32. The van der Waals surface area contributed by atoms with Crippen LogP contribution in [0.25, 0.3) is 10.9 Å². The maximum Gasteiger partial charge on any atom is 0.240 e. The van der Waals surface area contributed by atoms with Crippen LogP contribution < -0.4 is 4.72 Å². The number of nitrogens with one attached hydrogen (secondary N) is 1. The van der Waals surface area contributed by atoms with Crippen LogP contribution in [-0.4, -0.2) is 31.7 Å². The maximum atomic E-state index is 12.1. The molecule has 0 spiro atoms. The zero-order valence-corrected chi connectivity index (χ0v) is 12.3. The number of halogens is 1. The minimum atomic E-state index is -3.53. The summed E-state index contributed by atoms with van der Waals surface area (Å²) >= 11 is 5.78. The Morgan fingerprint density at radius 1 is 1.20 bits per heavy atom. The number of pyridine rings is 1. The summed E-state index contributed by atoms with van der Waals surface area (Å²) in [6.45, 7) is 0.365. The molecule has 0 unspecified atom stereocenters. The van der Waals surface area contributed by atoms with Crippen LogP contribution >= 0.6 is 11.6 Å². The van der Waals surface area contributed by atoms with Gasteiger partial charge in [0.1, 0.15) is 5.15 Å². The highest BCUT2D eigenvalue weighted by Crippen LogP contribution is 2.19. The largest absolute Gasteiger partial charge is 0.396 e. The number of sulfonamides is 1. The number of aliphatic hydroxyl groups excluding tert-OH is 1. The molecule has 0 aliphatic carbocycles. The molecule has 1 aromatic heterocycles. The number of aromatic nitrogens is 1. The van der Waals surface area contributed by atoms with Crippen molar-refractivity contribution in [3.8, 4) is 0 Å². The van der Waals surface area contributed by atoms with Gasteiger partial charge in [-0.3, -0.25) is 0 Å². The molecule has 20 heavy (non-hydrogen) atoms. The fourth-order valence-corrected chi connectivity index (χ4v) is 3.04. The highest BCUT2D eigenvalue weighted by molar-refractivity contribution is 7.89. The molecule has 1 heterocycles. The summed E-state index contributed by atoms with van der Waals surface area (Å²) in [5, 5.41) is 9.74. The van der Waals surface area contributed by atoms with Gasteiger partial charge in [0, 0.05) is 18.5 Å². The highest BCUT2D eigenvalue weighted by atomic mass is 35.5. The molecule has 2 N–H and O–H groups in total. The minimum Gasteiger partial charge on any atom is -0.396 e. The third kappa shape index (κ3) is 3.67. The molecular formula is C13H15ClN2O3S. The second-order valence-corrected chi connectivity index (χ2v) is 6.47. The van der Waals surface area contributed by atoms with Crippen LogP contribution in [0.15, 0.2) is 35.2 Å². The SMILES string of the molecule is O=S(=O)(NCCCCO)c1ccc2nc(Cl)ccc2c1. The Hall–Kier alpha value is -1.21. The summed E-state index contributed by atoms with van der Waals surface area (Å²) in [4.78, 5) is 4.30. The van der Waals surface area contributed by atoms with Gasteiger partial charge in [0.25, 0.3) is 0 Å². The Bertz CT molecular complexity index is 704. The van der Waals surface area contributed by atoms with Crippen molar-refractivity contribution in [2.75, 3.05) is 13.2 Å². The molecular weight excluding hydrogens is 300 g/mol. The Balaban J connectivity index is 2.21. The fourth-order valence-electron chi connectivity index (χ4n) is 1.77. The first-order chi connectivity index (χ1) is 9.53. The van der Waals surface area contributed by atoms with E-state index in [1.54, 1.807) is 24.3 Å². The van der Waals surface area contributed by atoms with E-state index in [1.165, 1.54) is 6.07 Å². The summed E-state index contributed by atoms with van der Waals surface area (Å²) < 4.78 is 26.7. The lowest BCUT2D eigenvalue weighted by Crippen LogP contribution is -2.24. The molecule has 0 aliphatic heterocycles. The second kappa shape index (κ2) is 6.49. The number of benzene rings is 1. The zero-order valence-electron chi connectivity index (χ0n) is 10.7. The maximum absolute atomic E-state index is 12.1. The van der Waals surface area contributed by atoms with Crippen LogP contribution in [0.4, 0.5) is 0 Å². The Labute approximate surface area is 122 Å². The minimum absolute atomic E-state index is 0.0597. The molecule has 5 nitrogen and oxygen atoms in total. The number of rotatable bonds is 6. The van der Waals surface area contributed by atoms with E-state index in [4.69, 9.17) is 16.7 Å². The number of hydrogen-bond acceptors (Lipinski definition) is 4. The lowest BCUT2D eigenvalue weighted by Gasteiger charge is -2.07. The number of fused-ring (bicyclic) bond motifs is 1. The smallest absolute Gasteiger partial charge is 0.240 e. The molecule has 0 saturated heterocycles. The molecule has 2 aromatic rings. The van der Waals surface area contributed by atoms with Crippen molar-refractivity contribution in [2.24, 2.45) is 0 Å². The predicted molar refractivity (Wildman–Crippen MR) is 78.3 cm³/mol. The molecule has 2 rings (SSSR count). The average molecular weight is 315 g/mol. The van der Waals surface area contributed by atoms with Crippen molar-refractivity contribution in [3.05, 3.63) is 35.5 Å².